The van der Waals surface area contributed by atoms with Gasteiger partial charge < -0.3 is 4.90 Å². The number of nitrogens with one attached hydrogen (secondary N) is 1. The first-order valence-electron chi connectivity index (χ1n) is 8.55. The summed E-state index contributed by atoms with van der Waals surface area (Å²) >= 11 is 0. The van der Waals surface area contributed by atoms with Gasteiger partial charge in [0.1, 0.15) is 0 Å². The van der Waals surface area contributed by atoms with E-state index in [1.54, 1.807) is 0 Å². The van der Waals surface area contributed by atoms with Crippen molar-refractivity contribution in [3.8, 4) is 0 Å². The van der Waals surface area contributed by atoms with Crippen LogP contribution in [-0.2, 0) is 4.79 Å². The van der Waals surface area contributed by atoms with Crippen molar-refractivity contribution in [3.05, 3.63) is 0 Å². The van der Waals surface area contributed by atoms with E-state index in [0.717, 1.165) is 19.4 Å². The van der Waals surface area contributed by atoms with Crippen LogP contribution in [0.1, 0.15) is 66.2 Å². The summed E-state index contributed by atoms with van der Waals surface area (Å²) in [5.41, 5.74) is 0. The fourth-order valence-electron chi connectivity index (χ4n) is 3.66. The van der Waals surface area contributed by atoms with Gasteiger partial charge in [-0.1, -0.05) is 40.5 Å². The zero-order valence-corrected chi connectivity index (χ0v) is 13.7. The molecule has 0 bridgehead atoms. The van der Waals surface area contributed by atoms with Gasteiger partial charge in [-0.3, -0.25) is 10.1 Å². The highest BCUT2D eigenvalue weighted by Gasteiger charge is 2.42. The Morgan fingerprint density at radius 3 is 2.35 bits per heavy atom. The zero-order chi connectivity index (χ0) is 14.7. The Hall–Kier alpha value is -0.570. The summed E-state index contributed by atoms with van der Waals surface area (Å²) < 4.78 is 0. The maximum absolute atomic E-state index is 12.7. The minimum absolute atomic E-state index is 0.0627. The van der Waals surface area contributed by atoms with E-state index in [9.17, 15) is 4.79 Å². The van der Waals surface area contributed by atoms with Gasteiger partial charge in [0.25, 0.3) is 0 Å². The summed E-state index contributed by atoms with van der Waals surface area (Å²) in [6.45, 7) is 9.82. The molecule has 2 aliphatic rings. The molecule has 1 heterocycles. The minimum Gasteiger partial charge on any atom is -0.326 e. The highest BCUT2D eigenvalue weighted by atomic mass is 16.2. The topological polar surface area (TPSA) is 32.3 Å². The van der Waals surface area contributed by atoms with Crippen LogP contribution in [0, 0.1) is 17.8 Å². The largest absolute Gasteiger partial charge is 0.326 e. The van der Waals surface area contributed by atoms with Crippen LogP contribution in [0.5, 0.6) is 0 Å². The number of carbonyl (C=O) groups excluding carboxylic acids is 1. The van der Waals surface area contributed by atoms with Gasteiger partial charge in [-0.05, 0) is 43.4 Å². The van der Waals surface area contributed by atoms with E-state index in [4.69, 9.17) is 0 Å². The van der Waals surface area contributed by atoms with Crippen molar-refractivity contribution in [1.29, 1.82) is 0 Å². The predicted octanol–water partition coefficient (Wildman–Crippen LogP) is 3.40. The van der Waals surface area contributed by atoms with Gasteiger partial charge in [-0.25, -0.2) is 0 Å². The molecule has 1 saturated carbocycles. The molecular weight excluding hydrogens is 248 g/mol. The van der Waals surface area contributed by atoms with Crippen LogP contribution in [0.25, 0.3) is 0 Å². The van der Waals surface area contributed by atoms with Gasteiger partial charge in [-0.15, -0.1) is 0 Å². The maximum atomic E-state index is 12.7. The van der Waals surface area contributed by atoms with Crippen LogP contribution in [-0.4, -0.2) is 29.6 Å². The number of nitrogens with zero attached hydrogens (tertiary/aromatic N) is 1. The van der Waals surface area contributed by atoms with Crippen molar-refractivity contribution < 1.29 is 4.79 Å². The first-order valence-corrected chi connectivity index (χ1v) is 8.55. The molecule has 0 spiro atoms. The van der Waals surface area contributed by atoms with Gasteiger partial charge in [0.2, 0.25) is 5.91 Å². The molecule has 0 aromatic heterocycles. The molecule has 0 aromatic rings. The lowest BCUT2D eigenvalue weighted by atomic mass is 10.0. The molecule has 1 aliphatic heterocycles. The third-order valence-electron chi connectivity index (χ3n) is 4.79. The normalized spacial score (nSPS) is 28.3. The Morgan fingerprint density at radius 2 is 1.80 bits per heavy atom. The molecule has 116 valence electrons. The van der Waals surface area contributed by atoms with E-state index in [2.05, 4.69) is 37.9 Å². The Kier molecular flexibility index (Phi) is 5.48. The summed E-state index contributed by atoms with van der Waals surface area (Å²) in [5.74, 6) is 2.28. The van der Waals surface area contributed by atoms with Crippen molar-refractivity contribution in [2.24, 2.45) is 17.8 Å². The quantitative estimate of drug-likeness (QED) is 0.809. The van der Waals surface area contributed by atoms with Crippen LogP contribution in [0.15, 0.2) is 0 Å². The number of carbonyl (C=O) groups is 1. The summed E-state index contributed by atoms with van der Waals surface area (Å²) in [6, 6.07) is 0.0627. The molecule has 3 heteroatoms. The van der Waals surface area contributed by atoms with Gasteiger partial charge >= 0.3 is 0 Å². The minimum atomic E-state index is 0.0627. The van der Waals surface area contributed by atoms with Crippen LogP contribution in [0.4, 0.5) is 0 Å². The lowest BCUT2D eigenvalue weighted by molar-refractivity contribution is -0.131. The Bertz CT molecular complexity index is 321. The molecule has 2 rings (SSSR count). The van der Waals surface area contributed by atoms with Crippen LogP contribution < -0.4 is 5.32 Å². The lowest BCUT2D eigenvalue weighted by Gasteiger charge is -2.29. The first kappa shape index (κ1) is 15.8. The highest BCUT2D eigenvalue weighted by molar-refractivity contribution is 5.84. The van der Waals surface area contributed by atoms with E-state index in [0.29, 0.717) is 29.8 Å². The number of rotatable bonds is 6. The third-order valence-corrected chi connectivity index (χ3v) is 4.79. The van der Waals surface area contributed by atoms with Gasteiger partial charge in [0.15, 0.2) is 0 Å². The van der Waals surface area contributed by atoms with Crippen molar-refractivity contribution in [1.82, 2.24) is 10.2 Å². The van der Waals surface area contributed by atoms with Crippen molar-refractivity contribution in [3.63, 3.8) is 0 Å². The number of amides is 1. The first-order chi connectivity index (χ1) is 9.49. The fraction of sp³-hybridized carbons (Fsp3) is 0.941. The zero-order valence-electron chi connectivity index (χ0n) is 13.7. The molecule has 1 amide bonds. The highest BCUT2D eigenvalue weighted by Crippen LogP contribution is 2.33. The average Bonchev–Trinajstić information content (AvgIpc) is 2.96. The molecular formula is C17H32N2O. The summed E-state index contributed by atoms with van der Waals surface area (Å²) in [7, 11) is 0. The Balaban J connectivity index is 2.03. The lowest BCUT2D eigenvalue weighted by Crippen LogP contribution is -2.43. The SMILES string of the molecule is CC(C)CCN1C(=O)C(CC(C)C)NC1C1CCCC1. The maximum Gasteiger partial charge on any atom is 0.241 e. The van der Waals surface area contributed by atoms with E-state index in [1.165, 1.54) is 25.7 Å². The van der Waals surface area contributed by atoms with E-state index in [-0.39, 0.29) is 6.04 Å². The molecule has 1 saturated heterocycles. The summed E-state index contributed by atoms with van der Waals surface area (Å²) in [6.07, 6.45) is 7.65. The summed E-state index contributed by atoms with van der Waals surface area (Å²) in [5, 5.41) is 3.66. The van der Waals surface area contributed by atoms with E-state index in [1.807, 2.05) is 0 Å². The Morgan fingerprint density at radius 1 is 1.15 bits per heavy atom. The monoisotopic (exact) mass is 280 g/mol. The van der Waals surface area contributed by atoms with Crippen LogP contribution in [0.2, 0.25) is 0 Å². The van der Waals surface area contributed by atoms with E-state index < -0.39 is 0 Å². The molecule has 2 fully saturated rings. The smallest absolute Gasteiger partial charge is 0.241 e. The van der Waals surface area contributed by atoms with Crippen molar-refractivity contribution in [2.45, 2.75) is 78.4 Å². The summed E-state index contributed by atoms with van der Waals surface area (Å²) in [4.78, 5) is 14.9. The van der Waals surface area contributed by atoms with Gasteiger partial charge in [0, 0.05) is 6.54 Å². The van der Waals surface area contributed by atoms with Crippen molar-refractivity contribution >= 4 is 5.91 Å². The molecule has 1 aliphatic carbocycles. The fourth-order valence-corrected chi connectivity index (χ4v) is 3.66. The predicted molar refractivity (Wildman–Crippen MR) is 83.3 cm³/mol. The molecule has 0 aromatic carbocycles. The second-order valence-electron chi connectivity index (χ2n) is 7.55. The molecule has 0 radical (unpaired) electrons. The number of hydrogen-bond acceptors (Lipinski definition) is 2. The van der Waals surface area contributed by atoms with Crippen molar-refractivity contribution in [2.75, 3.05) is 6.54 Å². The second kappa shape index (κ2) is 6.93. The Labute approximate surface area is 124 Å². The van der Waals surface area contributed by atoms with Gasteiger partial charge in [-0.2, -0.15) is 0 Å². The van der Waals surface area contributed by atoms with Crippen LogP contribution in [0.3, 0.4) is 0 Å². The standard InChI is InChI=1S/C17H32N2O/c1-12(2)9-10-19-16(14-7-5-6-8-14)18-15(17(19)20)11-13(3)4/h12-16,18H,5-11H2,1-4H3. The number of hydrogen-bond donors (Lipinski definition) is 1. The van der Waals surface area contributed by atoms with Gasteiger partial charge in [0.05, 0.1) is 12.2 Å². The van der Waals surface area contributed by atoms with E-state index >= 15 is 0 Å². The molecule has 20 heavy (non-hydrogen) atoms. The molecule has 3 nitrogen and oxygen atoms in total. The molecule has 2 atom stereocenters. The average molecular weight is 280 g/mol. The van der Waals surface area contributed by atoms with Crippen LogP contribution >= 0.6 is 0 Å². The molecule has 2 unspecified atom stereocenters. The third kappa shape index (κ3) is 3.75. The molecule has 1 N–H and O–H groups in total. The second-order valence-corrected chi connectivity index (χ2v) is 7.55.